The van der Waals surface area contributed by atoms with Crippen molar-refractivity contribution in [3.05, 3.63) is 109 Å². The van der Waals surface area contributed by atoms with Gasteiger partial charge in [-0.2, -0.15) is 0 Å². The van der Waals surface area contributed by atoms with Crippen molar-refractivity contribution in [2.75, 3.05) is 0 Å². The minimum absolute atomic E-state index is 0.404. The topological polar surface area (TPSA) is 36.5 Å². The molecule has 2 aromatic heterocycles. The molecule has 1 fully saturated rings. The number of hydrogen-bond donors (Lipinski definition) is 0. The zero-order chi connectivity index (χ0) is 29.1. The molecule has 0 unspecified atom stereocenters. The van der Waals surface area contributed by atoms with Crippen molar-refractivity contribution in [2.24, 2.45) is 0 Å². The van der Waals surface area contributed by atoms with Crippen LogP contribution in [0.1, 0.15) is 27.7 Å². The highest BCUT2D eigenvalue weighted by atomic mass is 16.7. The Morgan fingerprint density at radius 1 is 0.535 bits per heavy atom. The molecule has 0 spiro atoms. The van der Waals surface area contributed by atoms with Crippen LogP contribution in [0.5, 0.6) is 0 Å². The van der Waals surface area contributed by atoms with Gasteiger partial charge in [-0.1, -0.05) is 78.9 Å². The Hall–Kier alpha value is -4.58. The Morgan fingerprint density at radius 2 is 1.19 bits per heavy atom. The lowest BCUT2D eigenvalue weighted by molar-refractivity contribution is 0.00578. The first-order valence-electron chi connectivity index (χ1n) is 14.9. The third-order valence-corrected chi connectivity index (χ3v) is 9.79. The van der Waals surface area contributed by atoms with Gasteiger partial charge >= 0.3 is 7.12 Å². The standard InChI is InChI=1S/C38H30BNO3/c1-37(2)38(3,4)43-39(42-37)25-17-18-28-31-22-34(26-13-7-8-15-29(26)36(31)41-35(28)21-25)40-32-16-10-9-14-27(32)30-19-23-11-5-6-12-24(23)20-33(30)40/h5-22H,1-4H3. The van der Waals surface area contributed by atoms with Crippen molar-refractivity contribution in [1.29, 1.82) is 0 Å². The summed E-state index contributed by atoms with van der Waals surface area (Å²) < 4.78 is 21.8. The van der Waals surface area contributed by atoms with Crippen LogP contribution < -0.4 is 5.46 Å². The average molecular weight is 559 g/mol. The van der Waals surface area contributed by atoms with Gasteiger partial charge in [0, 0.05) is 32.3 Å². The van der Waals surface area contributed by atoms with Gasteiger partial charge in [0.15, 0.2) is 0 Å². The van der Waals surface area contributed by atoms with Crippen LogP contribution in [0.25, 0.3) is 71.0 Å². The molecule has 0 radical (unpaired) electrons. The van der Waals surface area contributed by atoms with Crippen LogP contribution >= 0.6 is 0 Å². The maximum absolute atomic E-state index is 6.65. The number of nitrogens with zero attached hydrogens (tertiary/aromatic N) is 1. The van der Waals surface area contributed by atoms with Crippen molar-refractivity contribution in [3.63, 3.8) is 0 Å². The smallest absolute Gasteiger partial charge is 0.455 e. The Balaban J connectivity index is 1.33. The molecule has 0 bridgehead atoms. The molecule has 0 atom stereocenters. The summed E-state index contributed by atoms with van der Waals surface area (Å²) in [6.45, 7) is 8.32. The lowest BCUT2D eigenvalue weighted by atomic mass is 9.79. The van der Waals surface area contributed by atoms with E-state index in [2.05, 4.69) is 141 Å². The summed E-state index contributed by atoms with van der Waals surface area (Å²) in [7, 11) is -0.442. The van der Waals surface area contributed by atoms with Gasteiger partial charge < -0.3 is 18.3 Å². The number of benzene rings is 6. The van der Waals surface area contributed by atoms with E-state index < -0.39 is 18.3 Å². The fourth-order valence-electron chi connectivity index (χ4n) is 6.82. The number of hydrogen-bond acceptors (Lipinski definition) is 3. The molecule has 1 saturated heterocycles. The molecule has 6 aromatic carbocycles. The fourth-order valence-corrected chi connectivity index (χ4v) is 6.82. The monoisotopic (exact) mass is 559 g/mol. The van der Waals surface area contributed by atoms with Gasteiger partial charge in [-0.3, -0.25) is 0 Å². The van der Waals surface area contributed by atoms with E-state index in [-0.39, 0.29) is 0 Å². The third-order valence-electron chi connectivity index (χ3n) is 9.79. The maximum Gasteiger partial charge on any atom is 0.494 e. The van der Waals surface area contributed by atoms with Gasteiger partial charge in [-0.15, -0.1) is 0 Å². The van der Waals surface area contributed by atoms with E-state index in [0.717, 1.165) is 43.9 Å². The molecular formula is C38H30BNO3. The summed E-state index contributed by atoms with van der Waals surface area (Å²) in [5.74, 6) is 0. The second-order valence-corrected chi connectivity index (χ2v) is 12.8. The summed E-state index contributed by atoms with van der Waals surface area (Å²) in [6.07, 6.45) is 0. The molecule has 0 saturated carbocycles. The fraction of sp³-hybridized carbons (Fsp3) is 0.158. The summed E-state index contributed by atoms with van der Waals surface area (Å²) >= 11 is 0. The molecule has 5 heteroatoms. The molecule has 8 aromatic rings. The van der Waals surface area contributed by atoms with E-state index in [1.807, 2.05) is 0 Å². The molecule has 3 heterocycles. The Bertz CT molecular complexity index is 2410. The number of fused-ring (bicyclic) bond motifs is 9. The van der Waals surface area contributed by atoms with Gasteiger partial charge in [-0.05, 0) is 74.3 Å². The SMILES string of the molecule is CC1(C)OB(c2ccc3c(c2)oc2c4ccccc4c(-n4c5ccccc5c5cc6ccccc6cc54)cc32)OC1(C)C. The maximum atomic E-state index is 6.65. The molecule has 1 aliphatic heterocycles. The Morgan fingerprint density at radius 3 is 1.95 bits per heavy atom. The quantitative estimate of drug-likeness (QED) is 0.198. The van der Waals surface area contributed by atoms with E-state index in [0.29, 0.717) is 0 Å². The van der Waals surface area contributed by atoms with Gasteiger partial charge in [-0.25, -0.2) is 0 Å². The highest BCUT2D eigenvalue weighted by Crippen LogP contribution is 2.42. The first-order chi connectivity index (χ1) is 20.8. The predicted octanol–water partition coefficient (Wildman–Crippen LogP) is 9.29. The second kappa shape index (κ2) is 8.50. The Labute approximate surface area is 249 Å². The molecule has 208 valence electrons. The first kappa shape index (κ1) is 25.0. The molecule has 1 aliphatic rings. The number of aromatic nitrogens is 1. The van der Waals surface area contributed by atoms with Crippen LogP contribution in [0.3, 0.4) is 0 Å². The van der Waals surface area contributed by atoms with E-state index in [4.69, 9.17) is 13.7 Å². The highest BCUT2D eigenvalue weighted by Gasteiger charge is 2.51. The zero-order valence-corrected chi connectivity index (χ0v) is 24.6. The summed E-state index contributed by atoms with van der Waals surface area (Å²) in [5, 5.41) is 9.39. The lowest BCUT2D eigenvalue weighted by Gasteiger charge is -2.32. The molecule has 0 amide bonds. The van der Waals surface area contributed by atoms with E-state index in [1.165, 1.54) is 32.6 Å². The van der Waals surface area contributed by atoms with Crippen LogP contribution in [0.15, 0.2) is 114 Å². The summed E-state index contributed by atoms with van der Waals surface area (Å²) in [5.41, 5.74) is 5.41. The minimum Gasteiger partial charge on any atom is -0.455 e. The van der Waals surface area contributed by atoms with E-state index in [1.54, 1.807) is 0 Å². The molecular weight excluding hydrogens is 529 g/mol. The van der Waals surface area contributed by atoms with E-state index in [9.17, 15) is 0 Å². The minimum atomic E-state index is -0.442. The van der Waals surface area contributed by atoms with Crippen LogP contribution in [0.4, 0.5) is 0 Å². The number of para-hydroxylation sites is 1. The van der Waals surface area contributed by atoms with Crippen molar-refractivity contribution < 1.29 is 13.7 Å². The zero-order valence-electron chi connectivity index (χ0n) is 24.6. The van der Waals surface area contributed by atoms with Crippen LogP contribution in [-0.4, -0.2) is 22.9 Å². The number of rotatable bonds is 2. The van der Waals surface area contributed by atoms with Crippen molar-refractivity contribution in [1.82, 2.24) is 4.57 Å². The molecule has 4 nitrogen and oxygen atoms in total. The predicted molar refractivity (Wildman–Crippen MR) is 179 cm³/mol. The summed E-state index contributed by atoms with van der Waals surface area (Å²) in [6, 6.07) is 39.2. The third kappa shape index (κ3) is 3.46. The van der Waals surface area contributed by atoms with Gasteiger partial charge in [0.2, 0.25) is 0 Å². The lowest BCUT2D eigenvalue weighted by Crippen LogP contribution is -2.41. The van der Waals surface area contributed by atoms with Crippen LogP contribution in [0.2, 0.25) is 0 Å². The van der Waals surface area contributed by atoms with Crippen molar-refractivity contribution in [2.45, 2.75) is 38.9 Å². The number of furan rings is 1. The molecule has 9 rings (SSSR count). The average Bonchev–Trinajstić information content (AvgIpc) is 3.61. The van der Waals surface area contributed by atoms with E-state index >= 15 is 0 Å². The van der Waals surface area contributed by atoms with Gasteiger partial charge in [0.25, 0.3) is 0 Å². The normalized spacial score (nSPS) is 16.5. The highest BCUT2D eigenvalue weighted by molar-refractivity contribution is 6.62. The van der Waals surface area contributed by atoms with Gasteiger partial charge in [0.05, 0.1) is 27.9 Å². The Kier molecular flexibility index (Phi) is 4.94. The largest absolute Gasteiger partial charge is 0.494 e. The molecule has 43 heavy (non-hydrogen) atoms. The molecule has 0 aliphatic carbocycles. The van der Waals surface area contributed by atoms with Gasteiger partial charge in [0.1, 0.15) is 11.2 Å². The van der Waals surface area contributed by atoms with Crippen molar-refractivity contribution in [3.8, 4) is 5.69 Å². The molecule has 0 N–H and O–H groups in total. The summed E-state index contributed by atoms with van der Waals surface area (Å²) in [4.78, 5) is 0. The first-order valence-corrected chi connectivity index (χ1v) is 14.9. The van der Waals surface area contributed by atoms with Crippen LogP contribution in [0, 0.1) is 0 Å². The second-order valence-electron chi connectivity index (χ2n) is 12.8. The van der Waals surface area contributed by atoms with Crippen molar-refractivity contribution >= 4 is 77.9 Å². The van der Waals surface area contributed by atoms with Crippen LogP contribution in [-0.2, 0) is 9.31 Å².